The van der Waals surface area contributed by atoms with Gasteiger partial charge in [-0.25, -0.2) is 0 Å². The standard InChI is InChI=1S/C24H38N4O2.HI/c1-2-25-23(26-20-24(12-18-29-19-13-24)28-14-6-7-15-28)27-16-10-22(11-17-27)30-21-8-4-3-5-9-21;/h3-5,8-9,22H,2,6-7,10-20H2,1H3,(H,25,26);1H. The minimum absolute atomic E-state index is 0. The molecule has 0 aliphatic carbocycles. The van der Waals surface area contributed by atoms with Crippen LogP contribution in [-0.2, 0) is 4.74 Å². The maximum absolute atomic E-state index is 6.17. The van der Waals surface area contributed by atoms with Crippen LogP contribution in [0.25, 0.3) is 0 Å². The Morgan fingerprint density at radius 3 is 2.42 bits per heavy atom. The van der Waals surface area contributed by atoms with Gasteiger partial charge in [0.05, 0.1) is 6.54 Å². The molecule has 0 unspecified atom stereocenters. The number of halogens is 1. The summed E-state index contributed by atoms with van der Waals surface area (Å²) >= 11 is 0. The first-order chi connectivity index (χ1) is 14.8. The molecule has 6 nitrogen and oxygen atoms in total. The second-order valence-electron chi connectivity index (χ2n) is 8.82. The Morgan fingerprint density at radius 1 is 1.10 bits per heavy atom. The zero-order valence-corrected chi connectivity index (χ0v) is 21.3. The molecular weight excluding hydrogens is 503 g/mol. The normalized spacial score (nSPS) is 22.7. The van der Waals surface area contributed by atoms with Crippen LogP contribution in [0.2, 0.25) is 0 Å². The molecule has 0 saturated carbocycles. The van der Waals surface area contributed by atoms with E-state index in [1.807, 2.05) is 30.3 Å². The van der Waals surface area contributed by atoms with E-state index in [4.69, 9.17) is 14.5 Å². The average molecular weight is 543 g/mol. The lowest BCUT2D eigenvalue weighted by molar-refractivity contribution is -0.0140. The fraction of sp³-hybridized carbons (Fsp3) is 0.708. The molecule has 0 spiro atoms. The highest BCUT2D eigenvalue weighted by molar-refractivity contribution is 14.0. The Bertz CT molecular complexity index is 667. The van der Waals surface area contributed by atoms with Gasteiger partial charge < -0.3 is 19.7 Å². The highest BCUT2D eigenvalue weighted by Crippen LogP contribution is 2.32. The zero-order chi connectivity index (χ0) is 20.7. The van der Waals surface area contributed by atoms with E-state index in [1.54, 1.807) is 0 Å². The molecule has 0 bridgehead atoms. The van der Waals surface area contributed by atoms with Crippen LogP contribution >= 0.6 is 24.0 Å². The summed E-state index contributed by atoms with van der Waals surface area (Å²) in [5.74, 6) is 2.05. The predicted octanol–water partition coefficient (Wildman–Crippen LogP) is 3.76. The number of para-hydroxylation sites is 1. The van der Waals surface area contributed by atoms with Crippen LogP contribution in [0.4, 0.5) is 0 Å². The van der Waals surface area contributed by atoms with Crippen LogP contribution in [0, 0.1) is 0 Å². The number of rotatable bonds is 6. The quantitative estimate of drug-likeness (QED) is 0.337. The van der Waals surface area contributed by atoms with Gasteiger partial charge in [-0.05, 0) is 57.8 Å². The molecule has 31 heavy (non-hydrogen) atoms. The summed E-state index contributed by atoms with van der Waals surface area (Å²) in [4.78, 5) is 10.3. The molecule has 3 fully saturated rings. The second kappa shape index (κ2) is 12.3. The molecule has 1 N–H and O–H groups in total. The van der Waals surface area contributed by atoms with Crippen molar-refractivity contribution < 1.29 is 9.47 Å². The smallest absolute Gasteiger partial charge is 0.193 e. The van der Waals surface area contributed by atoms with Gasteiger partial charge in [-0.15, -0.1) is 24.0 Å². The number of nitrogens with zero attached hydrogens (tertiary/aromatic N) is 3. The summed E-state index contributed by atoms with van der Waals surface area (Å²) in [6.07, 6.45) is 7.20. The molecule has 0 amide bonds. The van der Waals surface area contributed by atoms with Crippen LogP contribution in [0.5, 0.6) is 5.75 Å². The lowest BCUT2D eigenvalue weighted by Crippen LogP contribution is -2.54. The number of hydrogen-bond donors (Lipinski definition) is 1. The average Bonchev–Trinajstić information content (AvgIpc) is 3.34. The third kappa shape index (κ3) is 6.48. The van der Waals surface area contributed by atoms with Gasteiger partial charge in [0, 0.05) is 51.2 Å². The lowest BCUT2D eigenvalue weighted by atomic mass is 9.88. The zero-order valence-electron chi connectivity index (χ0n) is 18.9. The molecule has 7 heteroatoms. The number of ether oxygens (including phenoxy) is 2. The van der Waals surface area contributed by atoms with Gasteiger partial charge in [-0.2, -0.15) is 0 Å². The maximum atomic E-state index is 6.17. The van der Waals surface area contributed by atoms with Gasteiger partial charge in [-0.1, -0.05) is 18.2 Å². The molecule has 1 aromatic rings. The van der Waals surface area contributed by atoms with Gasteiger partial charge in [0.15, 0.2) is 5.96 Å². The highest BCUT2D eigenvalue weighted by atomic mass is 127. The van der Waals surface area contributed by atoms with Gasteiger partial charge in [0.1, 0.15) is 11.9 Å². The highest BCUT2D eigenvalue weighted by Gasteiger charge is 2.39. The minimum Gasteiger partial charge on any atom is -0.490 e. The van der Waals surface area contributed by atoms with Gasteiger partial charge in [0.2, 0.25) is 0 Å². The van der Waals surface area contributed by atoms with Crippen molar-refractivity contribution in [3.63, 3.8) is 0 Å². The minimum atomic E-state index is 0. The third-order valence-electron chi connectivity index (χ3n) is 6.85. The second-order valence-corrected chi connectivity index (χ2v) is 8.82. The fourth-order valence-electron chi connectivity index (χ4n) is 5.04. The van der Waals surface area contributed by atoms with Gasteiger partial charge in [-0.3, -0.25) is 9.89 Å². The van der Waals surface area contributed by atoms with Crippen molar-refractivity contribution >= 4 is 29.9 Å². The molecule has 4 rings (SSSR count). The number of aliphatic imine (C=N–C) groups is 1. The molecule has 0 radical (unpaired) electrons. The van der Waals surface area contributed by atoms with Crippen LogP contribution in [0.3, 0.4) is 0 Å². The van der Waals surface area contributed by atoms with E-state index in [2.05, 4.69) is 22.0 Å². The number of nitrogens with one attached hydrogen (secondary N) is 1. The van der Waals surface area contributed by atoms with Crippen LogP contribution in [0.15, 0.2) is 35.3 Å². The van der Waals surface area contributed by atoms with Crippen molar-refractivity contribution in [2.45, 2.75) is 57.1 Å². The Hall–Kier alpha value is -1.06. The van der Waals surface area contributed by atoms with E-state index < -0.39 is 0 Å². The molecular formula is C24H39IN4O2. The molecule has 3 aliphatic heterocycles. The van der Waals surface area contributed by atoms with E-state index in [0.717, 1.165) is 76.8 Å². The Balaban J connectivity index is 0.00000272. The summed E-state index contributed by atoms with van der Waals surface area (Å²) in [7, 11) is 0. The first kappa shape index (κ1) is 24.6. The topological polar surface area (TPSA) is 49.3 Å². The summed E-state index contributed by atoms with van der Waals surface area (Å²) < 4.78 is 11.9. The number of benzene rings is 1. The molecule has 174 valence electrons. The Morgan fingerprint density at radius 2 is 1.77 bits per heavy atom. The van der Waals surface area contributed by atoms with Crippen LogP contribution in [-0.4, -0.2) is 79.9 Å². The Kier molecular flexibility index (Phi) is 9.72. The van der Waals surface area contributed by atoms with E-state index in [0.29, 0.717) is 0 Å². The first-order valence-electron chi connectivity index (χ1n) is 11.9. The lowest BCUT2D eigenvalue weighted by Gasteiger charge is -2.44. The van der Waals surface area contributed by atoms with E-state index in [1.165, 1.54) is 25.9 Å². The fourth-order valence-corrected chi connectivity index (χ4v) is 5.04. The number of guanidine groups is 1. The summed E-state index contributed by atoms with van der Waals surface area (Å²) in [5.41, 5.74) is 0.185. The number of likely N-dealkylation sites (tertiary alicyclic amines) is 2. The molecule has 1 aromatic carbocycles. The van der Waals surface area contributed by atoms with Crippen molar-refractivity contribution in [2.24, 2.45) is 4.99 Å². The largest absolute Gasteiger partial charge is 0.490 e. The van der Waals surface area contributed by atoms with Crippen molar-refractivity contribution in [3.8, 4) is 5.75 Å². The monoisotopic (exact) mass is 542 g/mol. The maximum Gasteiger partial charge on any atom is 0.193 e. The summed E-state index contributed by atoms with van der Waals surface area (Å²) in [6, 6.07) is 10.2. The van der Waals surface area contributed by atoms with E-state index in [-0.39, 0.29) is 35.6 Å². The van der Waals surface area contributed by atoms with Crippen molar-refractivity contribution in [1.82, 2.24) is 15.1 Å². The van der Waals surface area contributed by atoms with Gasteiger partial charge >= 0.3 is 0 Å². The molecule has 3 heterocycles. The molecule has 0 aromatic heterocycles. The van der Waals surface area contributed by atoms with Crippen molar-refractivity contribution in [1.29, 1.82) is 0 Å². The molecule has 3 aliphatic rings. The van der Waals surface area contributed by atoms with Crippen molar-refractivity contribution in [3.05, 3.63) is 30.3 Å². The Labute approximate surface area is 204 Å². The van der Waals surface area contributed by atoms with E-state index in [9.17, 15) is 0 Å². The first-order valence-corrected chi connectivity index (χ1v) is 11.9. The summed E-state index contributed by atoms with van der Waals surface area (Å²) in [6.45, 7) is 10.1. The number of hydrogen-bond acceptors (Lipinski definition) is 4. The third-order valence-corrected chi connectivity index (χ3v) is 6.85. The molecule has 3 saturated heterocycles. The van der Waals surface area contributed by atoms with Crippen molar-refractivity contribution in [2.75, 3.05) is 52.5 Å². The SMILES string of the molecule is CCNC(=NCC1(N2CCCC2)CCOCC1)N1CCC(Oc2ccccc2)CC1.I. The predicted molar refractivity (Wildman–Crippen MR) is 137 cm³/mol. The van der Waals surface area contributed by atoms with Crippen LogP contribution in [0.1, 0.15) is 45.4 Å². The van der Waals surface area contributed by atoms with Crippen LogP contribution < -0.4 is 10.1 Å². The van der Waals surface area contributed by atoms with E-state index >= 15 is 0 Å². The number of piperidine rings is 1. The molecule has 0 atom stereocenters. The summed E-state index contributed by atoms with van der Waals surface area (Å²) in [5, 5.41) is 3.55. The van der Waals surface area contributed by atoms with Gasteiger partial charge in [0.25, 0.3) is 0 Å².